The first-order valence-electron chi connectivity index (χ1n) is 10.2. The lowest BCUT2D eigenvalue weighted by molar-refractivity contribution is -0.150. The number of aliphatic carboxylic acids is 2. The van der Waals surface area contributed by atoms with Gasteiger partial charge >= 0.3 is 11.9 Å². The van der Waals surface area contributed by atoms with Gasteiger partial charge in [0.25, 0.3) is 11.8 Å². The number of carboxylic acid groups (broad SMARTS) is 2. The minimum atomic E-state index is -1.28. The third-order valence-electron chi connectivity index (χ3n) is 4.94. The fourth-order valence-electron chi connectivity index (χ4n) is 3.31. The first-order valence-corrected chi connectivity index (χ1v) is 13.2. The highest BCUT2D eigenvalue weighted by Crippen LogP contribution is 2.41. The van der Waals surface area contributed by atoms with E-state index in [1.807, 2.05) is 6.92 Å². The van der Waals surface area contributed by atoms with Crippen LogP contribution in [0.5, 0.6) is 0 Å². The quantitative estimate of drug-likeness (QED) is 0.162. The highest BCUT2D eigenvalue weighted by Gasteiger charge is 2.54. The average molecular weight is 551 g/mol. The van der Waals surface area contributed by atoms with Crippen molar-refractivity contribution in [1.29, 1.82) is 0 Å². The van der Waals surface area contributed by atoms with Crippen molar-refractivity contribution < 1.29 is 34.2 Å². The van der Waals surface area contributed by atoms with Crippen LogP contribution in [0.2, 0.25) is 0 Å². The number of β-lactam (4-membered cyclic amide) rings is 1. The zero-order chi connectivity index (χ0) is 25.8. The van der Waals surface area contributed by atoms with Crippen LogP contribution >= 0.6 is 34.9 Å². The van der Waals surface area contributed by atoms with Gasteiger partial charge < -0.3 is 20.4 Å². The van der Waals surface area contributed by atoms with Crippen LogP contribution < -0.4 is 5.32 Å². The number of nitrogens with zero attached hydrogens (tertiary/aromatic N) is 5. The van der Waals surface area contributed by atoms with Crippen molar-refractivity contribution in [2.75, 3.05) is 18.1 Å². The molecule has 0 radical (unpaired) electrons. The Kier molecular flexibility index (Phi) is 7.85. The molecule has 3 N–H and O–H groups in total. The van der Waals surface area contributed by atoms with Crippen LogP contribution in [-0.2, 0) is 24.0 Å². The van der Waals surface area contributed by atoms with E-state index in [0.717, 1.165) is 5.69 Å². The molecule has 2 unspecified atom stereocenters. The van der Waals surface area contributed by atoms with Gasteiger partial charge in [-0.25, -0.2) is 14.6 Å². The van der Waals surface area contributed by atoms with Crippen molar-refractivity contribution in [3.05, 3.63) is 45.7 Å². The molecular formula is C20H18N6O7S3. The van der Waals surface area contributed by atoms with E-state index in [1.54, 1.807) is 12.1 Å². The lowest BCUT2D eigenvalue weighted by Crippen LogP contribution is -2.71. The number of hydrogen-bond acceptors (Lipinski definition) is 12. The summed E-state index contributed by atoms with van der Waals surface area (Å²) in [5, 5.41) is 34.2. The molecule has 4 rings (SSSR count). The largest absolute Gasteiger partial charge is 0.479 e. The first-order chi connectivity index (χ1) is 17.3. The Balaban J connectivity index is 1.47. The summed E-state index contributed by atoms with van der Waals surface area (Å²) in [5.41, 5.74) is 2.51. The van der Waals surface area contributed by atoms with Gasteiger partial charge in [0.2, 0.25) is 6.61 Å². The summed E-state index contributed by atoms with van der Waals surface area (Å²) in [4.78, 5) is 58.4. The zero-order valence-electron chi connectivity index (χ0n) is 18.5. The molecule has 4 heterocycles. The van der Waals surface area contributed by atoms with Gasteiger partial charge in [-0.1, -0.05) is 5.16 Å². The molecule has 2 aliphatic heterocycles. The molecule has 1 fully saturated rings. The number of rotatable bonds is 10. The van der Waals surface area contributed by atoms with Gasteiger partial charge in [0.05, 0.1) is 11.2 Å². The molecular weight excluding hydrogens is 532 g/mol. The van der Waals surface area contributed by atoms with E-state index in [4.69, 9.17) is 9.94 Å². The normalized spacial score (nSPS) is 19.4. The van der Waals surface area contributed by atoms with Crippen LogP contribution in [0.1, 0.15) is 11.4 Å². The molecule has 0 aliphatic carbocycles. The Morgan fingerprint density at radius 2 is 2.11 bits per heavy atom. The van der Waals surface area contributed by atoms with Crippen LogP contribution in [0, 0.1) is 6.92 Å². The Morgan fingerprint density at radius 1 is 1.31 bits per heavy atom. The van der Waals surface area contributed by atoms with Gasteiger partial charge in [-0.15, -0.1) is 40.0 Å². The number of thiazole rings is 1. The molecule has 0 saturated carbocycles. The van der Waals surface area contributed by atoms with E-state index in [-0.39, 0.29) is 17.1 Å². The van der Waals surface area contributed by atoms with E-state index in [0.29, 0.717) is 22.1 Å². The highest BCUT2D eigenvalue weighted by atomic mass is 32.2. The van der Waals surface area contributed by atoms with E-state index < -0.39 is 41.8 Å². The van der Waals surface area contributed by atoms with Gasteiger partial charge in [0, 0.05) is 16.9 Å². The van der Waals surface area contributed by atoms with Gasteiger partial charge in [-0.2, -0.15) is 5.10 Å². The summed E-state index contributed by atoms with van der Waals surface area (Å²) >= 11 is 3.82. The lowest BCUT2D eigenvalue weighted by atomic mass is 10.0. The predicted molar refractivity (Wildman–Crippen MR) is 129 cm³/mol. The zero-order valence-corrected chi connectivity index (χ0v) is 20.9. The molecule has 2 atom stereocenters. The van der Waals surface area contributed by atoms with Crippen LogP contribution in [0.4, 0.5) is 0 Å². The van der Waals surface area contributed by atoms with Crippen molar-refractivity contribution in [2.24, 2.45) is 5.16 Å². The maximum absolute atomic E-state index is 12.9. The third kappa shape index (κ3) is 5.50. The van der Waals surface area contributed by atoms with Gasteiger partial charge in [0.15, 0.2) is 5.71 Å². The molecule has 1 saturated heterocycles. The second-order valence-electron chi connectivity index (χ2n) is 7.40. The van der Waals surface area contributed by atoms with Gasteiger partial charge in [-0.3, -0.25) is 14.5 Å². The van der Waals surface area contributed by atoms with E-state index in [2.05, 4.69) is 25.7 Å². The molecule has 2 amide bonds. The van der Waals surface area contributed by atoms with Crippen LogP contribution in [0.15, 0.2) is 44.5 Å². The molecule has 0 aromatic carbocycles. The molecule has 13 nitrogen and oxygen atoms in total. The van der Waals surface area contributed by atoms with Crippen LogP contribution in [-0.4, -0.2) is 89.3 Å². The molecule has 36 heavy (non-hydrogen) atoms. The number of carbonyl (C=O) groups excluding carboxylic acids is 2. The standard InChI is InChI=1S/C20H18N6O7S3/c1-9-2-3-12(24-23-9)35-5-10-6-36-19-15(18(30)26(19)16(10)20(31)32)22-17(29)14(11-7-34-8-21-11)25-33-4-13(27)28/h2-3,7-8,15,19H,4-6H2,1H3,(H,22,29)(H,27,28)(H,31,32)/b25-14+. The van der Waals surface area contributed by atoms with Crippen LogP contribution in [0.3, 0.4) is 0 Å². The number of carbonyl (C=O) groups is 4. The van der Waals surface area contributed by atoms with Crippen molar-refractivity contribution in [3.63, 3.8) is 0 Å². The second-order valence-corrected chi connectivity index (χ2v) is 10.2. The number of aromatic nitrogens is 3. The Labute approximate surface area is 216 Å². The van der Waals surface area contributed by atoms with Crippen LogP contribution in [0.25, 0.3) is 0 Å². The number of thioether (sulfide) groups is 2. The minimum absolute atomic E-state index is 0.111. The van der Waals surface area contributed by atoms with E-state index in [9.17, 15) is 24.3 Å². The number of oxime groups is 1. The topological polar surface area (TPSA) is 184 Å². The number of carboxylic acids is 2. The number of aryl methyl sites for hydroxylation is 1. The smallest absolute Gasteiger partial charge is 0.352 e. The third-order valence-corrected chi connectivity index (χ3v) is 7.87. The summed E-state index contributed by atoms with van der Waals surface area (Å²) in [6.45, 7) is 1.04. The number of amides is 2. The van der Waals surface area contributed by atoms with Gasteiger partial charge in [-0.05, 0) is 24.6 Å². The summed E-state index contributed by atoms with van der Waals surface area (Å²) in [5.74, 6) is -3.26. The molecule has 0 bridgehead atoms. The van der Waals surface area contributed by atoms with Crippen molar-refractivity contribution in [2.45, 2.75) is 23.4 Å². The average Bonchev–Trinajstić information content (AvgIpc) is 3.38. The molecule has 2 aromatic rings. The molecule has 188 valence electrons. The SMILES string of the molecule is Cc1ccc(SCC2=C(C(=O)O)N3C(=O)C(NC(=O)/C(=N/OCC(=O)O)c4cscn4)C3SC2)nn1. The van der Waals surface area contributed by atoms with Crippen molar-refractivity contribution >= 4 is 64.3 Å². The van der Waals surface area contributed by atoms with Gasteiger partial charge in [0.1, 0.15) is 27.8 Å². The summed E-state index contributed by atoms with van der Waals surface area (Å²) in [6, 6.07) is 2.59. The number of fused-ring (bicyclic) bond motifs is 1. The van der Waals surface area contributed by atoms with Crippen molar-refractivity contribution in [3.8, 4) is 0 Å². The fraction of sp³-hybridized carbons (Fsp3) is 0.300. The summed E-state index contributed by atoms with van der Waals surface area (Å²) in [7, 11) is 0. The maximum Gasteiger partial charge on any atom is 0.352 e. The number of hydrogen-bond donors (Lipinski definition) is 3. The molecule has 2 aliphatic rings. The minimum Gasteiger partial charge on any atom is -0.479 e. The number of nitrogens with one attached hydrogen (secondary N) is 1. The van der Waals surface area contributed by atoms with E-state index in [1.165, 1.54) is 50.7 Å². The maximum atomic E-state index is 12.9. The van der Waals surface area contributed by atoms with Crippen molar-refractivity contribution in [1.82, 2.24) is 25.4 Å². The second kappa shape index (κ2) is 11.0. The monoisotopic (exact) mass is 550 g/mol. The summed E-state index contributed by atoms with van der Waals surface area (Å²) in [6.07, 6.45) is 0. The Hall–Kier alpha value is -3.50. The fourth-order valence-corrected chi connectivity index (χ4v) is 6.15. The predicted octanol–water partition coefficient (Wildman–Crippen LogP) is 0.578. The molecule has 2 aromatic heterocycles. The highest BCUT2D eigenvalue weighted by molar-refractivity contribution is 8.01. The lowest BCUT2D eigenvalue weighted by Gasteiger charge is -2.49. The summed E-state index contributed by atoms with van der Waals surface area (Å²) < 4.78 is 0. The van der Waals surface area contributed by atoms with E-state index >= 15 is 0 Å². The first kappa shape index (κ1) is 25.6. The Bertz CT molecular complexity index is 1250. The Morgan fingerprint density at radius 3 is 2.75 bits per heavy atom. The molecule has 0 spiro atoms. The molecule has 16 heteroatoms.